The second-order valence-electron chi connectivity index (χ2n) is 3.20. The molecule has 4 heteroatoms. The summed E-state index contributed by atoms with van der Waals surface area (Å²) in [6.07, 6.45) is 7.65. The average Bonchev–Trinajstić information content (AvgIpc) is 2.72. The molecule has 3 nitrogen and oxygen atoms in total. The highest BCUT2D eigenvalue weighted by molar-refractivity contribution is 7.17. The van der Waals surface area contributed by atoms with Gasteiger partial charge in [0, 0.05) is 12.6 Å². The molecule has 0 fully saturated rings. The van der Waals surface area contributed by atoms with Crippen molar-refractivity contribution >= 4 is 21.6 Å². The van der Waals surface area contributed by atoms with Crippen LogP contribution in [0.2, 0.25) is 0 Å². The molecule has 0 aliphatic carbocycles. The topological polar surface area (TPSA) is 50.9 Å². The first-order valence-electron chi connectivity index (χ1n) is 4.58. The van der Waals surface area contributed by atoms with Gasteiger partial charge in [-0.3, -0.25) is 16.3 Å². The van der Waals surface area contributed by atoms with E-state index in [1.54, 1.807) is 11.3 Å². The van der Waals surface area contributed by atoms with Crippen molar-refractivity contribution < 1.29 is 0 Å². The third kappa shape index (κ3) is 2.00. The van der Waals surface area contributed by atoms with Crippen LogP contribution in [0.15, 0.2) is 23.7 Å². The van der Waals surface area contributed by atoms with Crippen LogP contribution in [-0.4, -0.2) is 4.98 Å². The van der Waals surface area contributed by atoms with E-state index < -0.39 is 0 Å². The fraction of sp³-hybridized carbons (Fsp3) is 0.182. The van der Waals surface area contributed by atoms with E-state index in [2.05, 4.69) is 22.4 Å². The number of hydrazine groups is 1. The number of terminal acetylenes is 1. The van der Waals surface area contributed by atoms with Crippen molar-refractivity contribution in [2.24, 2.45) is 5.84 Å². The van der Waals surface area contributed by atoms with Crippen molar-refractivity contribution in [3.05, 3.63) is 29.3 Å². The Morgan fingerprint density at radius 3 is 3.27 bits per heavy atom. The number of hydrogen-bond donors (Lipinski definition) is 2. The lowest BCUT2D eigenvalue weighted by Gasteiger charge is -2.12. The molecule has 2 rings (SSSR count). The largest absolute Gasteiger partial charge is 0.271 e. The van der Waals surface area contributed by atoms with Gasteiger partial charge in [-0.25, -0.2) is 0 Å². The molecule has 76 valence electrons. The molecule has 2 heterocycles. The third-order valence-corrected chi connectivity index (χ3v) is 3.10. The molecule has 2 aromatic heterocycles. The summed E-state index contributed by atoms with van der Waals surface area (Å²) in [6.45, 7) is 0. The van der Waals surface area contributed by atoms with Crippen molar-refractivity contribution in [2.45, 2.75) is 12.5 Å². The van der Waals surface area contributed by atoms with Crippen molar-refractivity contribution in [1.29, 1.82) is 0 Å². The summed E-state index contributed by atoms with van der Waals surface area (Å²) < 4.78 is 1.16. The maximum atomic E-state index is 5.44. The van der Waals surface area contributed by atoms with Crippen LogP contribution in [0, 0.1) is 12.3 Å². The maximum Gasteiger partial charge on any atom is 0.0809 e. The second kappa shape index (κ2) is 4.41. The summed E-state index contributed by atoms with van der Waals surface area (Å²) in [6, 6.07) is 4.05. The Morgan fingerprint density at radius 2 is 2.53 bits per heavy atom. The van der Waals surface area contributed by atoms with Crippen molar-refractivity contribution in [1.82, 2.24) is 10.4 Å². The van der Waals surface area contributed by atoms with Gasteiger partial charge >= 0.3 is 0 Å². The van der Waals surface area contributed by atoms with E-state index >= 15 is 0 Å². The minimum absolute atomic E-state index is 0.0194. The van der Waals surface area contributed by atoms with E-state index in [1.807, 2.05) is 17.6 Å². The molecule has 0 radical (unpaired) electrons. The van der Waals surface area contributed by atoms with Crippen LogP contribution in [0.3, 0.4) is 0 Å². The monoisotopic (exact) mass is 217 g/mol. The van der Waals surface area contributed by atoms with Crippen LogP contribution < -0.4 is 11.3 Å². The average molecular weight is 217 g/mol. The number of aromatic nitrogens is 1. The van der Waals surface area contributed by atoms with Gasteiger partial charge in [-0.05, 0) is 23.1 Å². The van der Waals surface area contributed by atoms with Crippen LogP contribution in [0.25, 0.3) is 10.2 Å². The Morgan fingerprint density at radius 1 is 1.67 bits per heavy atom. The van der Waals surface area contributed by atoms with Gasteiger partial charge in [0.25, 0.3) is 0 Å². The second-order valence-corrected chi connectivity index (χ2v) is 4.15. The Hall–Kier alpha value is -1.41. The lowest BCUT2D eigenvalue weighted by molar-refractivity contribution is 0.567. The van der Waals surface area contributed by atoms with Crippen molar-refractivity contribution in [3.8, 4) is 12.3 Å². The van der Waals surface area contributed by atoms with Gasteiger partial charge in [0.2, 0.25) is 0 Å². The zero-order valence-corrected chi connectivity index (χ0v) is 8.92. The van der Waals surface area contributed by atoms with Crippen LogP contribution in [0.4, 0.5) is 0 Å². The van der Waals surface area contributed by atoms with Crippen LogP contribution >= 0.6 is 11.3 Å². The highest BCUT2D eigenvalue weighted by Crippen LogP contribution is 2.23. The first-order chi connectivity index (χ1) is 7.35. The summed E-state index contributed by atoms with van der Waals surface area (Å²) in [5.41, 5.74) is 4.75. The maximum absolute atomic E-state index is 5.44. The smallest absolute Gasteiger partial charge is 0.0809 e. The predicted octanol–water partition coefficient (Wildman–Crippen LogP) is 1.82. The first kappa shape index (κ1) is 10.1. The Bertz CT molecular complexity index is 498. The van der Waals surface area contributed by atoms with Crippen LogP contribution in [-0.2, 0) is 0 Å². The molecule has 0 aromatic carbocycles. The lowest BCUT2D eigenvalue weighted by Crippen LogP contribution is -2.27. The van der Waals surface area contributed by atoms with E-state index in [0.29, 0.717) is 6.42 Å². The van der Waals surface area contributed by atoms with Gasteiger partial charge in [-0.1, -0.05) is 0 Å². The Labute approximate surface area is 92.3 Å². The van der Waals surface area contributed by atoms with Gasteiger partial charge < -0.3 is 0 Å². The highest BCUT2D eigenvalue weighted by atomic mass is 32.1. The molecule has 0 bridgehead atoms. The van der Waals surface area contributed by atoms with Gasteiger partial charge in [-0.2, -0.15) is 0 Å². The molecular weight excluding hydrogens is 206 g/mol. The standard InChI is InChI=1S/C11H11N3S/c1-2-3-9(14-12)8-6-11-10(13-7-8)4-5-15-11/h1,4-7,9,14H,3,12H2. The summed E-state index contributed by atoms with van der Waals surface area (Å²) >= 11 is 1.66. The predicted molar refractivity (Wildman–Crippen MR) is 63.1 cm³/mol. The molecule has 1 unspecified atom stereocenters. The van der Waals surface area contributed by atoms with Gasteiger partial charge in [0.15, 0.2) is 0 Å². The molecular formula is C11H11N3S. The molecule has 15 heavy (non-hydrogen) atoms. The molecule has 0 spiro atoms. The van der Waals surface area contributed by atoms with Gasteiger partial charge in [0.05, 0.1) is 16.3 Å². The van der Waals surface area contributed by atoms with Crippen LogP contribution in [0.1, 0.15) is 18.0 Å². The first-order valence-corrected chi connectivity index (χ1v) is 5.46. The zero-order valence-electron chi connectivity index (χ0n) is 8.10. The number of hydrogen-bond acceptors (Lipinski definition) is 4. The molecule has 0 amide bonds. The summed E-state index contributed by atoms with van der Waals surface area (Å²) in [4.78, 5) is 4.34. The quantitative estimate of drug-likeness (QED) is 0.468. The molecule has 0 aliphatic rings. The molecule has 0 saturated heterocycles. The number of rotatable bonds is 3. The number of nitrogens with one attached hydrogen (secondary N) is 1. The molecule has 3 N–H and O–H groups in total. The van der Waals surface area contributed by atoms with Gasteiger partial charge in [-0.15, -0.1) is 23.7 Å². The third-order valence-electron chi connectivity index (χ3n) is 2.25. The van der Waals surface area contributed by atoms with Crippen molar-refractivity contribution in [3.63, 3.8) is 0 Å². The summed E-state index contributed by atoms with van der Waals surface area (Å²) in [5, 5.41) is 2.02. The minimum Gasteiger partial charge on any atom is -0.271 e. The molecule has 0 saturated carbocycles. The highest BCUT2D eigenvalue weighted by Gasteiger charge is 2.09. The Kier molecular flexibility index (Phi) is 2.97. The SMILES string of the molecule is C#CCC(NN)c1cnc2ccsc2c1. The van der Waals surface area contributed by atoms with Crippen molar-refractivity contribution in [2.75, 3.05) is 0 Å². The number of thiophene rings is 1. The Balaban J connectivity index is 2.38. The minimum atomic E-state index is -0.0194. The summed E-state index contributed by atoms with van der Waals surface area (Å²) in [5.74, 6) is 8.03. The van der Waals surface area contributed by atoms with Gasteiger partial charge in [0.1, 0.15) is 0 Å². The normalized spacial score (nSPS) is 12.5. The summed E-state index contributed by atoms with van der Waals surface area (Å²) in [7, 11) is 0. The molecule has 1 atom stereocenters. The van der Waals surface area contributed by atoms with Crippen LogP contribution in [0.5, 0.6) is 0 Å². The number of nitrogens with zero attached hydrogens (tertiary/aromatic N) is 1. The van der Waals surface area contributed by atoms with E-state index in [1.165, 1.54) is 0 Å². The lowest BCUT2D eigenvalue weighted by atomic mass is 10.1. The van der Waals surface area contributed by atoms with E-state index in [4.69, 9.17) is 12.3 Å². The molecule has 0 aliphatic heterocycles. The zero-order chi connectivity index (χ0) is 10.7. The number of pyridine rings is 1. The number of nitrogens with two attached hydrogens (primary N) is 1. The molecule has 2 aromatic rings. The number of fused-ring (bicyclic) bond motifs is 1. The fourth-order valence-electron chi connectivity index (χ4n) is 1.44. The fourth-order valence-corrected chi connectivity index (χ4v) is 2.23. The van der Waals surface area contributed by atoms with E-state index in [9.17, 15) is 0 Å². The van der Waals surface area contributed by atoms with E-state index in [0.717, 1.165) is 15.8 Å². The van der Waals surface area contributed by atoms with E-state index in [-0.39, 0.29) is 6.04 Å².